The molecule has 1 aromatic heterocycles. The fraction of sp³-hybridized carbons (Fsp3) is 0.444. The van der Waals surface area contributed by atoms with Crippen molar-refractivity contribution < 1.29 is 8.78 Å². The van der Waals surface area contributed by atoms with Gasteiger partial charge in [-0.3, -0.25) is 4.98 Å². The van der Waals surface area contributed by atoms with E-state index in [0.717, 1.165) is 0 Å². The van der Waals surface area contributed by atoms with Crippen LogP contribution in [0.15, 0.2) is 24.5 Å². The van der Waals surface area contributed by atoms with Gasteiger partial charge in [0.25, 0.3) is 5.92 Å². The maximum atomic E-state index is 13.2. The minimum atomic E-state index is -2.77. The molecule has 0 N–H and O–H groups in total. The highest BCUT2D eigenvalue weighted by atomic mass is 19.3. The van der Waals surface area contributed by atoms with Crippen LogP contribution in [0.2, 0.25) is 0 Å². The molecule has 0 aliphatic rings. The fourth-order valence-corrected chi connectivity index (χ4v) is 0.893. The van der Waals surface area contributed by atoms with E-state index in [9.17, 15) is 8.78 Å². The number of halogens is 2. The van der Waals surface area contributed by atoms with Gasteiger partial charge in [0.15, 0.2) is 0 Å². The molecule has 0 atom stereocenters. The third kappa shape index (κ3) is 1.60. The summed E-state index contributed by atoms with van der Waals surface area (Å²) in [5.41, 5.74) is -0.0139. The van der Waals surface area contributed by atoms with Crippen LogP contribution in [-0.2, 0) is 5.92 Å². The van der Waals surface area contributed by atoms with E-state index in [1.165, 1.54) is 38.4 Å². The molecular formula is C9H11F2N. The Morgan fingerprint density at radius 2 is 2.08 bits per heavy atom. The molecule has 1 nitrogen and oxygen atoms in total. The van der Waals surface area contributed by atoms with Crippen LogP contribution in [-0.4, -0.2) is 4.98 Å². The molecule has 12 heavy (non-hydrogen) atoms. The van der Waals surface area contributed by atoms with E-state index in [0.29, 0.717) is 0 Å². The summed E-state index contributed by atoms with van der Waals surface area (Å²) in [6.07, 6.45) is 2.69. The molecule has 0 fully saturated rings. The molecule has 0 aliphatic carbocycles. The summed E-state index contributed by atoms with van der Waals surface area (Å²) in [7, 11) is 0. The molecule has 0 saturated heterocycles. The zero-order valence-corrected chi connectivity index (χ0v) is 7.09. The van der Waals surface area contributed by atoms with Crippen LogP contribution < -0.4 is 0 Å². The minimum Gasteiger partial charge on any atom is -0.264 e. The molecule has 0 unspecified atom stereocenters. The number of alkyl halides is 2. The van der Waals surface area contributed by atoms with Crippen molar-refractivity contribution in [1.29, 1.82) is 0 Å². The van der Waals surface area contributed by atoms with Gasteiger partial charge in [0.1, 0.15) is 0 Å². The van der Waals surface area contributed by atoms with Gasteiger partial charge in [-0.1, -0.05) is 13.8 Å². The zero-order valence-electron chi connectivity index (χ0n) is 7.09. The maximum absolute atomic E-state index is 13.2. The average Bonchev–Trinajstić information content (AvgIpc) is 2.06. The largest absolute Gasteiger partial charge is 0.276 e. The topological polar surface area (TPSA) is 12.9 Å². The fourth-order valence-electron chi connectivity index (χ4n) is 0.893. The number of rotatable bonds is 2. The molecule has 66 valence electrons. The lowest BCUT2D eigenvalue weighted by Crippen LogP contribution is -2.20. The van der Waals surface area contributed by atoms with Gasteiger partial charge in [-0.25, -0.2) is 8.78 Å². The summed E-state index contributed by atoms with van der Waals surface area (Å²) in [5, 5.41) is 0. The van der Waals surface area contributed by atoms with Gasteiger partial charge in [0.2, 0.25) is 0 Å². The molecule has 0 aliphatic heterocycles. The minimum absolute atomic E-state index is 0.0139. The van der Waals surface area contributed by atoms with Crippen molar-refractivity contribution in [3.8, 4) is 0 Å². The summed E-state index contributed by atoms with van der Waals surface area (Å²) >= 11 is 0. The molecule has 0 saturated carbocycles. The Morgan fingerprint density at radius 3 is 2.50 bits per heavy atom. The average molecular weight is 171 g/mol. The van der Waals surface area contributed by atoms with Crippen LogP contribution >= 0.6 is 0 Å². The molecule has 1 heterocycles. The van der Waals surface area contributed by atoms with Gasteiger partial charge in [0.05, 0.1) is 0 Å². The van der Waals surface area contributed by atoms with Crippen LogP contribution in [0.4, 0.5) is 8.78 Å². The molecule has 0 bridgehead atoms. The van der Waals surface area contributed by atoms with Gasteiger partial charge in [0, 0.05) is 23.9 Å². The summed E-state index contributed by atoms with van der Waals surface area (Å²) in [6, 6.07) is 2.92. The maximum Gasteiger partial charge on any atom is 0.276 e. The predicted molar refractivity (Wildman–Crippen MR) is 43.0 cm³/mol. The van der Waals surface area contributed by atoms with Gasteiger partial charge >= 0.3 is 0 Å². The lowest BCUT2D eigenvalue weighted by Gasteiger charge is -2.19. The number of hydrogen-bond donors (Lipinski definition) is 0. The van der Waals surface area contributed by atoms with Crippen molar-refractivity contribution >= 4 is 0 Å². The number of aromatic nitrogens is 1. The quantitative estimate of drug-likeness (QED) is 0.666. The van der Waals surface area contributed by atoms with Crippen LogP contribution in [0.3, 0.4) is 0 Å². The summed E-state index contributed by atoms with van der Waals surface area (Å²) in [4.78, 5) is 3.65. The van der Waals surface area contributed by atoms with Crippen molar-refractivity contribution in [2.24, 2.45) is 5.92 Å². The van der Waals surface area contributed by atoms with E-state index in [2.05, 4.69) is 4.98 Å². The number of pyridine rings is 1. The van der Waals surface area contributed by atoms with Crippen LogP contribution in [0, 0.1) is 5.92 Å². The Morgan fingerprint density at radius 1 is 1.42 bits per heavy atom. The highest BCUT2D eigenvalue weighted by Gasteiger charge is 2.35. The summed E-state index contributed by atoms with van der Waals surface area (Å²) in [5.74, 6) is -3.46. The Hall–Kier alpha value is -0.990. The summed E-state index contributed by atoms with van der Waals surface area (Å²) in [6.45, 7) is 2.99. The Labute approximate surface area is 70.4 Å². The van der Waals surface area contributed by atoms with Crippen molar-refractivity contribution in [1.82, 2.24) is 4.98 Å². The van der Waals surface area contributed by atoms with Gasteiger partial charge in [-0.15, -0.1) is 0 Å². The van der Waals surface area contributed by atoms with E-state index in [-0.39, 0.29) is 5.56 Å². The lowest BCUT2D eigenvalue weighted by molar-refractivity contribution is -0.0516. The SMILES string of the molecule is CC(C)C(F)(F)c1cccnc1. The first-order valence-corrected chi connectivity index (χ1v) is 3.83. The Bertz CT molecular complexity index is 244. The third-order valence-electron chi connectivity index (χ3n) is 1.77. The second kappa shape index (κ2) is 3.17. The van der Waals surface area contributed by atoms with Crippen LogP contribution in [0.5, 0.6) is 0 Å². The molecule has 3 heteroatoms. The molecule has 1 rings (SSSR count). The highest BCUT2D eigenvalue weighted by Crippen LogP contribution is 2.34. The molecule has 0 radical (unpaired) electrons. The van der Waals surface area contributed by atoms with E-state index in [1.807, 2.05) is 0 Å². The number of hydrogen-bond acceptors (Lipinski definition) is 1. The normalized spacial score (nSPS) is 12.1. The van der Waals surface area contributed by atoms with E-state index in [1.54, 1.807) is 0 Å². The van der Waals surface area contributed by atoms with Crippen LogP contribution in [0.1, 0.15) is 19.4 Å². The standard InChI is InChI=1S/C9H11F2N/c1-7(2)9(10,11)8-4-3-5-12-6-8/h3-7H,1-2H3. The Balaban J connectivity index is 2.98. The van der Waals surface area contributed by atoms with E-state index in [4.69, 9.17) is 0 Å². The lowest BCUT2D eigenvalue weighted by atomic mass is 10.00. The highest BCUT2D eigenvalue weighted by molar-refractivity contribution is 5.15. The molecule has 0 amide bonds. The van der Waals surface area contributed by atoms with Gasteiger partial charge in [-0.05, 0) is 12.1 Å². The van der Waals surface area contributed by atoms with Crippen molar-refractivity contribution in [3.63, 3.8) is 0 Å². The second-order valence-electron chi connectivity index (χ2n) is 3.02. The zero-order chi connectivity index (χ0) is 9.19. The first kappa shape index (κ1) is 9.10. The van der Waals surface area contributed by atoms with Crippen molar-refractivity contribution in [2.45, 2.75) is 19.8 Å². The van der Waals surface area contributed by atoms with Crippen molar-refractivity contribution in [2.75, 3.05) is 0 Å². The summed E-state index contributed by atoms with van der Waals surface area (Å²) < 4.78 is 26.5. The van der Waals surface area contributed by atoms with Gasteiger partial charge < -0.3 is 0 Å². The van der Waals surface area contributed by atoms with Crippen molar-refractivity contribution in [3.05, 3.63) is 30.1 Å². The van der Waals surface area contributed by atoms with E-state index < -0.39 is 11.8 Å². The van der Waals surface area contributed by atoms with Crippen LogP contribution in [0.25, 0.3) is 0 Å². The molecular weight excluding hydrogens is 160 g/mol. The monoisotopic (exact) mass is 171 g/mol. The second-order valence-corrected chi connectivity index (χ2v) is 3.02. The molecule has 0 spiro atoms. The third-order valence-corrected chi connectivity index (χ3v) is 1.77. The molecule has 0 aromatic carbocycles. The van der Waals surface area contributed by atoms with E-state index >= 15 is 0 Å². The van der Waals surface area contributed by atoms with Gasteiger partial charge in [-0.2, -0.15) is 0 Å². The predicted octanol–water partition coefficient (Wildman–Crippen LogP) is 2.83. The first-order chi connectivity index (χ1) is 5.55. The first-order valence-electron chi connectivity index (χ1n) is 3.83. The Kier molecular flexibility index (Phi) is 2.40. The number of nitrogens with zero attached hydrogens (tertiary/aromatic N) is 1. The smallest absolute Gasteiger partial charge is 0.264 e. The molecule has 1 aromatic rings.